The molecule has 0 fully saturated rings. The van der Waals surface area contributed by atoms with Crippen molar-refractivity contribution >= 4 is 11.5 Å². The Hall–Kier alpha value is -2.20. The molecule has 0 spiro atoms. The van der Waals surface area contributed by atoms with Gasteiger partial charge >= 0.3 is 0 Å². The van der Waals surface area contributed by atoms with Crippen molar-refractivity contribution < 1.29 is 4.92 Å². The normalized spacial score (nSPS) is 12.2. The van der Waals surface area contributed by atoms with Gasteiger partial charge in [-0.05, 0) is 26.4 Å². The molecule has 1 aromatic rings. The fourth-order valence-corrected chi connectivity index (χ4v) is 2.14. The summed E-state index contributed by atoms with van der Waals surface area (Å²) < 4.78 is 0. The van der Waals surface area contributed by atoms with Gasteiger partial charge in [0.1, 0.15) is 23.6 Å². The van der Waals surface area contributed by atoms with Crippen LogP contribution in [0.1, 0.15) is 25.8 Å². The van der Waals surface area contributed by atoms with Gasteiger partial charge in [0.2, 0.25) is 0 Å². The van der Waals surface area contributed by atoms with Gasteiger partial charge in [-0.1, -0.05) is 13.8 Å². The minimum absolute atomic E-state index is 0.126. The number of aromatic nitrogens is 1. The van der Waals surface area contributed by atoms with E-state index in [2.05, 4.69) is 29.0 Å². The predicted octanol–water partition coefficient (Wildman–Crippen LogP) is 2.25. The molecule has 1 N–H and O–H groups in total. The second-order valence-electron chi connectivity index (χ2n) is 5.69. The van der Waals surface area contributed by atoms with E-state index in [0.29, 0.717) is 11.7 Å². The van der Waals surface area contributed by atoms with Gasteiger partial charge in [-0.25, -0.2) is 4.98 Å². The minimum atomic E-state index is -0.553. The predicted molar refractivity (Wildman–Crippen MR) is 81.0 cm³/mol. The van der Waals surface area contributed by atoms with Crippen LogP contribution in [0.2, 0.25) is 0 Å². The summed E-state index contributed by atoms with van der Waals surface area (Å²) in [6, 6.07) is 3.33. The molecule has 21 heavy (non-hydrogen) atoms. The molecular weight excluding hydrogens is 270 g/mol. The molecule has 0 bridgehead atoms. The van der Waals surface area contributed by atoms with Gasteiger partial charge in [0.15, 0.2) is 0 Å². The molecule has 1 atom stereocenters. The molecule has 7 heteroatoms. The third-order valence-corrected chi connectivity index (χ3v) is 2.89. The van der Waals surface area contributed by atoms with Gasteiger partial charge in [0.25, 0.3) is 5.69 Å². The zero-order chi connectivity index (χ0) is 16.0. The van der Waals surface area contributed by atoms with E-state index in [1.54, 1.807) is 0 Å². The number of pyridine rings is 1. The van der Waals surface area contributed by atoms with Gasteiger partial charge in [0.05, 0.1) is 4.92 Å². The van der Waals surface area contributed by atoms with Gasteiger partial charge in [-0.2, -0.15) is 5.26 Å². The maximum atomic E-state index is 10.7. The molecule has 1 aromatic heterocycles. The van der Waals surface area contributed by atoms with Crippen molar-refractivity contribution in [2.75, 3.05) is 26.0 Å². The summed E-state index contributed by atoms with van der Waals surface area (Å²) in [5.41, 5.74) is 0.0156. The number of rotatable bonds is 7. The van der Waals surface area contributed by atoms with Crippen molar-refractivity contribution in [1.29, 1.82) is 5.26 Å². The number of anilines is 1. The average Bonchev–Trinajstić information content (AvgIpc) is 2.37. The van der Waals surface area contributed by atoms with E-state index in [4.69, 9.17) is 5.26 Å². The van der Waals surface area contributed by atoms with Gasteiger partial charge in [-0.3, -0.25) is 10.1 Å². The van der Waals surface area contributed by atoms with E-state index in [-0.39, 0.29) is 17.3 Å². The van der Waals surface area contributed by atoms with Crippen LogP contribution < -0.4 is 5.32 Å². The Bertz CT molecular complexity index is 527. The fourth-order valence-electron chi connectivity index (χ4n) is 2.14. The Balaban J connectivity index is 2.97. The second kappa shape index (κ2) is 7.55. The van der Waals surface area contributed by atoms with Crippen LogP contribution in [-0.4, -0.2) is 41.5 Å². The Morgan fingerprint density at radius 2 is 2.19 bits per heavy atom. The second-order valence-corrected chi connectivity index (χ2v) is 5.69. The monoisotopic (exact) mass is 291 g/mol. The van der Waals surface area contributed by atoms with Crippen LogP contribution in [0.25, 0.3) is 0 Å². The third-order valence-electron chi connectivity index (χ3n) is 2.89. The lowest BCUT2D eigenvalue weighted by Gasteiger charge is -2.24. The Morgan fingerprint density at radius 3 is 2.67 bits per heavy atom. The molecule has 0 saturated carbocycles. The number of nitro groups is 1. The number of nitriles is 1. The Morgan fingerprint density at radius 1 is 1.52 bits per heavy atom. The first kappa shape index (κ1) is 16.9. The van der Waals surface area contributed by atoms with Gasteiger partial charge < -0.3 is 10.2 Å². The standard InChI is InChI=1S/C14H21N5O2/c1-10(2)5-12(9-18(3)4)17-14-11(7-15)6-13(8-16-14)19(20)21/h6,8,10,12H,5,9H2,1-4H3,(H,16,17). The molecule has 0 aliphatic heterocycles. The van der Waals surface area contributed by atoms with Crippen molar-refractivity contribution in [2.24, 2.45) is 5.92 Å². The van der Waals surface area contributed by atoms with E-state index < -0.39 is 4.92 Å². The van der Waals surface area contributed by atoms with Crippen molar-refractivity contribution in [3.05, 3.63) is 27.9 Å². The van der Waals surface area contributed by atoms with Crippen LogP contribution in [0.15, 0.2) is 12.3 Å². The lowest BCUT2D eigenvalue weighted by molar-refractivity contribution is -0.385. The minimum Gasteiger partial charge on any atom is -0.365 e. The summed E-state index contributed by atoms with van der Waals surface area (Å²) in [5.74, 6) is 0.890. The molecule has 1 heterocycles. The van der Waals surface area contributed by atoms with E-state index in [1.807, 2.05) is 20.2 Å². The molecular formula is C14H21N5O2. The fraction of sp³-hybridized carbons (Fsp3) is 0.571. The van der Waals surface area contributed by atoms with Crippen molar-refractivity contribution in [3.63, 3.8) is 0 Å². The molecule has 1 unspecified atom stereocenters. The quantitative estimate of drug-likeness (QED) is 0.611. The first-order valence-electron chi connectivity index (χ1n) is 6.79. The maximum absolute atomic E-state index is 10.7. The first-order valence-corrected chi connectivity index (χ1v) is 6.79. The molecule has 0 radical (unpaired) electrons. The molecule has 0 saturated heterocycles. The number of hydrogen-bond donors (Lipinski definition) is 1. The molecule has 0 aliphatic carbocycles. The highest BCUT2D eigenvalue weighted by atomic mass is 16.6. The number of hydrogen-bond acceptors (Lipinski definition) is 6. The lowest BCUT2D eigenvalue weighted by atomic mass is 10.0. The molecule has 7 nitrogen and oxygen atoms in total. The topological polar surface area (TPSA) is 95.1 Å². The average molecular weight is 291 g/mol. The van der Waals surface area contributed by atoms with Crippen molar-refractivity contribution in [1.82, 2.24) is 9.88 Å². The maximum Gasteiger partial charge on any atom is 0.289 e. The summed E-state index contributed by atoms with van der Waals surface area (Å²) in [6.45, 7) is 5.04. The van der Waals surface area contributed by atoms with Gasteiger partial charge in [-0.15, -0.1) is 0 Å². The summed E-state index contributed by atoms with van der Waals surface area (Å²) in [6.07, 6.45) is 2.09. The van der Waals surface area contributed by atoms with E-state index >= 15 is 0 Å². The van der Waals surface area contributed by atoms with E-state index in [9.17, 15) is 10.1 Å². The molecule has 0 aromatic carbocycles. The van der Waals surface area contributed by atoms with Crippen molar-refractivity contribution in [3.8, 4) is 6.07 Å². The largest absolute Gasteiger partial charge is 0.365 e. The zero-order valence-electron chi connectivity index (χ0n) is 12.8. The summed E-state index contributed by atoms with van der Waals surface area (Å²) >= 11 is 0. The highest BCUT2D eigenvalue weighted by molar-refractivity contribution is 5.56. The lowest BCUT2D eigenvalue weighted by Crippen LogP contribution is -2.34. The van der Waals surface area contributed by atoms with Crippen LogP contribution in [0.5, 0.6) is 0 Å². The smallest absolute Gasteiger partial charge is 0.289 e. The third kappa shape index (κ3) is 5.36. The number of nitrogens with one attached hydrogen (secondary N) is 1. The van der Waals surface area contributed by atoms with Crippen LogP contribution in [0.4, 0.5) is 11.5 Å². The number of likely N-dealkylation sites (N-methyl/N-ethyl adjacent to an activating group) is 1. The van der Waals surface area contributed by atoms with E-state index in [1.165, 1.54) is 12.3 Å². The zero-order valence-corrected chi connectivity index (χ0v) is 12.8. The highest BCUT2D eigenvalue weighted by Crippen LogP contribution is 2.20. The SMILES string of the molecule is CC(C)CC(CN(C)C)Nc1ncc([N+](=O)[O-])cc1C#N. The molecule has 114 valence electrons. The molecule has 0 amide bonds. The highest BCUT2D eigenvalue weighted by Gasteiger charge is 2.17. The van der Waals surface area contributed by atoms with Crippen LogP contribution in [0, 0.1) is 27.4 Å². The van der Waals surface area contributed by atoms with Crippen LogP contribution in [-0.2, 0) is 0 Å². The van der Waals surface area contributed by atoms with Crippen molar-refractivity contribution in [2.45, 2.75) is 26.3 Å². The Labute approximate surface area is 124 Å². The van der Waals surface area contributed by atoms with E-state index in [0.717, 1.165) is 13.0 Å². The van der Waals surface area contributed by atoms with Gasteiger partial charge in [0, 0.05) is 18.7 Å². The molecule has 1 rings (SSSR count). The summed E-state index contributed by atoms with van der Waals surface area (Å²) in [7, 11) is 3.95. The number of nitrogens with zero attached hydrogens (tertiary/aromatic N) is 4. The molecule has 0 aliphatic rings. The Kier molecular flexibility index (Phi) is 6.06. The van der Waals surface area contributed by atoms with Crippen LogP contribution in [0.3, 0.4) is 0 Å². The summed E-state index contributed by atoms with van der Waals surface area (Å²) in [5, 5.41) is 23.1. The first-order chi connectivity index (χ1) is 9.83. The van der Waals surface area contributed by atoms with Crippen LogP contribution >= 0.6 is 0 Å². The summed E-state index contributed by atoms with van der Waals surface area (Å²) in [4.78, 5) is 16.3.